The van der Waals surface area contributed by atoms with Crippen molar-refractivity contribution in [2.75, 3.05) is 0 Å². The molecule has 1 aromatic carbocycles. The highest BCUT2D eigenvalue weighted by Crippen LogP contribution is 2.09. The van der Waals surface area contributed by atoms with E-state index in [0.717, 1.165) is 6.42 Å². The lowest BCUT2D eigenvalue weighted by Gasteiger charge is -2.05. The summed E-state index contributed by atoms with van der Waals surface area (Å²) in [6, 6.07) is 10.3. The van der Waals surface area contributed by atoms with Gasteiger partial charge in [0.1, 0.15) is 0 Å². The molecule has 0 bridgehead atoms. The third kappa shape index (κ3) is 5.01. The molecule has 0 fully saturated rings. The van der Waals surface area contributed by atoms with E-state index in [1.807, 2.05) is 30.4 Å². The van der Waals surface area contributed by atoms with Crippen LogP contribution in [0.2, 0.25) is 0 Å². The van der Waals surface area contributed by atoms with Gasteiger partial charge in [-0.3, -0.25) is 4.79 Å². The van der Waals surface area contributed by atoms with Gasteiger partial charge in [-0.2, -0.15) is 0 Å². The van der Waals surface area contributed by atoms with E-state index in [1.165, 1.54) is 5.56 Å². The van der Waals surface area contributed by atoms with E-state index >= 15 is 0 Å². The Morgan fingerprint density at radius 1 is 1.40 bits per heavy atom. The van der Waals surface area contributed by atoms with E-state index in [1.54, 1.807) is 0 Å². The summed E-state index contributed by atoms with van der Waals surface area (Å²) in [7, 11) is 0. The van der Waals surface area contributed by atoms with Gasteiger partial charge in [-0.05, 0) is 17.9 Å². The van der Waals surface area contributed by atoms with Crippen LogP contribution >= 0.6 is 0 Å². The standard InChI is InChI=1S/C13H17NO/c1-11(6-5-9-13(14)15)10-12-7-3-2-4-8-12/h2-8,11H,9-10H2,1H3,(H2,14,15). The number of allylic oxidation sites excluding steroid dienone is 1. The average molecular weight is 203 g/mol. The SMILES string of the molecule is CC(C=CCC(N)=O)Cc1ccccc1. The molecule has 0 aliphatic carbocycles. The fraction of sp³-hybridized carbons (Fsp3) is 0.308. The van der Waals surface area contributed by atoms with E-state index in [-0.39, 0.29) is 5.91 Å². The number of hydrogen-bond acceptors (Lipinski definition) is 1. The Labute approximate surface area is 90.8 Å². The normalized spacial score (nSPS) is 12.9. The van der Waals surface area contributed by atoms with E-state index < -0.39 is 0 Å². The Morgan fingerprint density at radius 2 is 2.07 bits per heavy atom. The molecule has 1 amide bonds. The molecule has 80 valence electrons. The van der Waals surface area contributed by atoms with Gasteiger partial charge in [0.2, 0.25) is 5.91 Å². The smallest absolute Gasteiger partial charge is 0.221 e. The second-order valence-corrected chi connectivity index (χ2v) is 3.77. The maximum Gasteiger partial charge on any atom is 0.221 e. The molecule has 2 N–H and O–H groups in total. The number of carbonyl (C=O) groups excluding carboxylic acids is 1. The van der Waals surface area contributed by atoms with Crippen LogP contribution in [0.5, 0.6) is 0 Å². The third-order valence-corrected chi connectivity index (χ3v) is 2.18. The average Bonchev–Trinajstić information content (AvgIpc) is 2.18. The molecule has 0 spiro atoms. The van der Waals surface area contributed by atoms with Gasteiger partial charge in [-0.25, -0.2) is 0 Å². The summed E-state index contributed by atoms with van der Waals surface area (Å²) in [5.74, 6) is 0.157. The van der Waals surface area contributed by atoms with Crippen molar-refractivity contribution < 1.29 is 4.79 Å². The third-order valence-electron chi connectivity index (χ3n) is 2.18. The zero-order chi connectivity index (χ0) is 11.1. The van der Waals surface area contributed by atoms with Gasteiger partial charge in [0.15, 0.2) is 0 Å². The molecular weight excluding hydrogens is 186 g/mol. The van der Waals surface area contributed by atoms with Gasteiger partial charge < -0.3 is 5.73 Å². The number of primary amides is 1. The van der Waals surface area contributed by atoms with Crippen molar-refractivity contribution in [2.24, 2.45) is 11.7 Å². The fourth-order valence-electron chi connectivity index (χ4n) is 1.47. The van der Waals surface area contributed by atoms with Crippen LogP contribution in [0.1, 0.15) is 18.9 Å². The van der Waals surface area contributed by atoms with E-state index in [4.69, 9.17) is 5.73 Å². The molecule has 1 unspecified atom stereocenters. The molecule has 2 heteroatoms. The number of amides is 1. The van der Waals surface area contributed by atoms with E-state index in [0.29, 0.717) is 12.3 Å². The lowest BCUT2D eigenvalue weighted by molar-refractivity contribution is -0.117. The molecule has 0 saturated heterocycles. The van der Waals surface area contributed by atoms with Crippen molar-refractivity contribution in [3.63, 3.8) is 0 Å². The van der Waals surface area contributed by atoms with Crippen LogP contribution in [0.15, 0.2) is 42.5 Å². The number of carbonyl (C=O) groups is 1. The first-order chi connectivity index (χ1) is 7.18. The molecule has 0 aliphatic heterocycles. The monoisotopic (exact) mass is 203 g/mol. The maximum absolute atomic E-state index is 10.5. The fourth-order valence-corrected chi connectivity index (χ4v) is 1.47. The quantitative estimate of drug-likeness (QED) is 0.733. The first-order valence-electron chi connectivity index (χ1n) is 5.17. The molecule has 0 heterocycles. The zero-order valence-electron chi connectivity index (χ0n) is 9.02. The van der Waals surface area contributed by atoms with Crippen molar-refractivity contribution >= 4 is 5.91 Å². The summed E-state index contributed by atoms with van der Waals surface area (Å²) in [6.45, 7) is 2.13. The van der Waals surface area contributed by atoms with Crippen LogP contribution in [0, 0.1) is 5.92 Å². The van der Waals surface area contributed by atoms with E-state index in [9.17, 15) is 4.79 Å². The Kier molecular flexibility index (Phi) is 4.61. The van der Waals surface area contributed by atoms with Crippen LogP contribution < -0.4 is 5.73 Å². The topological polar surface area (TPSA) is 43.1 Å². The zero-order valence-corrected chi connectivity index (χ0v) is 9.02. The minimum absolute atomic E-state index is 0.279. The van der Waals surface area contributed by atoms with Crippen LogP contribution in [-0.2, 0) is 11.2 Å². The summed E-state index contributed by atoms with van der Waals surface area (Å²) in [5.41, 5.74) is 6.35. The molecule has 1 atom stereocenters. The Morgan fingerprint density at radius 3 is 2.67 bits per heavy atom. The number of nitrogens with two attached hydrogens (primary N) is 1. The van der Waals surface area contributed by atoms with E-state index in [2.05, 4.69) is 19.1 Å². The van der Waals surface area contributed by atoms with Crippen LogP contribution in [0.3, 0.4) is 0 Å². The first-order valence-corrected chi connectivity index (χ1v) is 5.17. The Balaban J connectivity index is 2.39. The Bertz CT molecular complexity index is 330. The number of rotatable bonds is 5. The minimum Gasteiger partial charge on any atom is -0.369 e. The molecule has 1 aromatic rings. The predicted octanol–water partition coefficient (Wildman–Crippen LogP) is 2.30. The summed E-state index contributed by atoms with van der Waals surface area (Å²) in [5, 5.41) is 0. The molecule has 15 heavy (non-hydrogen) atoms. The largest absolute Gasteiger partial charge is 0.369 e. The number of hydrogen-bond donors (Lipinski definition) is 1. The van der Waals surface area contributed by atoms with Gasteiger partial charge in [0.05, 0.1) is 0 Å². The molecule has 0 radical (unpaired) electrons. The summed E-state index contributed by atoms with van der Waals surface area (Å²) in [6.07, 6.45) is 5.21. The lowest BCUT2D eigenvalue weighted by Crippen LogP contribution is -2.08. The van der Waals surface area contributed by atoms with Crippen LogP contribution in [0.4, 0.5) is 0 Å². The highest BCUT2D eigenvalue weighted by molar-refractivity contribution is 5.75. The first kappa shape index (κ1) is 11.5. The van der Waals surface area contributed by atoms with Gasteiger partial charge in [0.25, 0.3) is 0 Å². The van der Waals surface area contributed by atoms with Gasteiger partial charge in [-0.15, -0.1) is 0 Å². The molecule has 0 aliphatic rings. The van der Waals surface area contributed by atoms with Crippen molar-refractivity contribution in [1.82, 2.24) is 0 Å². The lowest BCUT2D eigenvalue weighted by atomic mass is 10.0. The van der Waals surface area contributed by atoms with Crippen molar-refractivity contribution in [3.05, 3.63) is 48.0 Å². The second-order valence-electron chi connectivity index (χ2n) is 3.77. The molecule has 0 aromatic heterocycles. The highest BCUT2D eigenvalue weighted by atomic mass is 16.1. The van der Waals surface area contributed by atoms with Crippen molar-refractivity contribution in [3.8, 4) is 0 Å². The van der Waals surface area contributed by atoms with Crippen molar-refractivity contribution in [2.45, 2.75) is 19.8 Å². The summed E-state index contributed by atoms with van der Waals surface area (Å²) in [4.78, 5) is 10.5. The second kappa shape index (κ2) is 6.02. The van der Waals surface area contributed by atoms with Crippen molar-refractivity contribution in [1.29, 1.82) is 0 Å². The Hall–Kier alpha value is -1.57. The van der Waals surface area contributed by atoms with Gasteiger partial charge >= 0.3 is 0 Å². The predicted molar refractivity (Wildman–Crippen MR) is 62.3 cm³/mol. The number of benzene rings is 1. The minimum atomic E-state index is -0.279. The summed E-state index contributed by atoms with van der Waals surface area (Å²) >= 11 is 0. The molecule has 0 saturated carbocycles. The van der Waals surface area contributed by atoms with Gasteiger partial charge in [-0.1, -0.05) is 49.4 Å². The molecule has 1 rings (SSSR count). The van der Waals surface area contributed by atoms with Crippen LogP contribution in [0.25, 0.3) is 0 Å². The molecular formula is C13H17NO. The van der Waals surface area contributed by atoms with Crippen LogP contribution in [-0.4, -0.2) is 5.91 Å². The van der Waals surface area contributed by atoms with Gasteiger partial charge in [0, 0.05) is 6.42 Å². The summed E-state index contributed by atoms with van der Waals surface area (Å²) < 4.78 is 0. The highest BCUT2D eigenvalue weighted by Gasteiger charge is 1.98. The maximum atomic E-state index is 10.5. The molecule has 2 nitrogen and oxygen atoms in total.